The molecule has 0 atom stereocenters. The molecule has 0 bridgehead atoms. The lowest BCUT2D eigenvalue weighted by atomic mass is 10.3. The summed E-state index contributed by atoms with van der Waals surface area (Å²) in [5, 5.41) is 18.0. The van der Waals surface area contributed by atoms with Crippen LogP contribution in [0.2, 0.25) is 0 Å². The molecule has 0 aliphatic rings. The summed E-state index contributed by atoms with van der Waals surface area (Å²) >= 11 is 0. The SMILES string of the molecule is O=CCNCCNCCCCNCCOCCOCCC(=O)O. The molecule has 0 spiro atoms. The minimum absolute atomic E-state index is 0.0334. The van der Waals surface area contributed by atoms with Crippen LogP contribution in [-0.2, 0) is 19.1 Å². The van der Waals surface area contributed by atoms with Gasteiger partial charge in [0.25, 0.3) is 0 Å². The molecule has 0 saturated carbocycles. The van der Waals surface area contributed by atoms with E-state index >= 15 is 0 Å². The molecule has 0 aliphatic heterocycles. The predicted molar refractivity (Wildman–Crippen MR) is 87.8 cm³/mol. The highest BCUT2D eigenvalue weighted by Gasteiger charge is 1.96. The lowest BCUT2D eigenvalue weighted by molar-refractivity contribution is -0.138. The van der Waals surface area contributed by atoms with Crippen LogP contribution < -0.4 is 16.0 Å². The fourth-order valence-electron chi connectivity index (χ4n) is 1.71. The van der Waals surface area contributed by atoms with Crippen LogP contribution >= 0.6 is 0 Å². The van der Waals surface area contributed by atoms with Crippen molar-refractivity contribution >= 4 is 12.3 Å². The minimum Gasteiger partial charge on any atom is -0.481 e. The van der Waals surface area contributed by atoms with Crippen LogP contribution in [-0.4, -0.2) is 83.1 Å². The molecule has 0 aromatic rings. The van der Waals surface area contributed by atoms with Crippen LogP contribution in [0.25, 0.3) is 0 Å². The quantitative estimate of drug-likeness (QED) is 0.180. The van der Waals surface area contributed by atoms with Gasteiger partial charge in [0, 0.05) is 19.6 Å². The maximum Gasteiger partial charge on any atom is 0.305 e. The number of unbranched alkanes of at least 4 members (excludes halogenated alkanes) is 1. The van der Waals surface area contributed by atoms with E-state index in [-0.39, 0.29) is 13.0 Å². The average molecular weight is 333 g/mol. The highest BCUT2D eigenvalue weighted by atomic mass is 16.5. The second kappa shape index (κ2) is 19.0. The van der Waals surface area contributed by atoms with Crippen molar-refractivity contribution in [1.82, 2.24) is 16.0 Å². The van der Waals surface area contributed by atoms with Gasteiger partial charge in [-0.1, -0.05) is 0 Å². The van der Waals surface area contributed by atoms with Gasteiger partial charge >= 0.3 is 5.97 Å². The van der Waals surface area contributed by atoms with Crippen molar-refractivity contribution in [3.05, 3.63) is 0 Å². The van der Waals surface area contributed by atoms with Crippen molar-refractivity contribution in [3.8, 4) is 0 Å². The number of hydrogen-bond acceptors (Lipinski definition) is 7. The van der Waals surface area contributed by atoms with Gasteiger partial charge in [-0.15, -0.1) is 0 Å². The Bertz CT molecular complexity index is 280. The zero-order valence-electron chi connectivity index (χ0n) is 13.8. The van der Waals surface area contributed by atoms with Crippen molar-refractivity contribution in [2.45, 2.75) is 19.3 Å². The average Bonchev–Trinajstić information content (AvgIpc) is 2.53. The third kappa shape index (κ3) is 20.9. The van der Waals surface area contributed by atoms with Crippen molar-refractivity contribution in [2.24, 2.45) is 0 Å². The van der Waals surface area contributed by atoms with Gasteiger partial charge in [0.05, 0.1) is 39.4 Å². The number of hydrogen-bond donors (Lipinski definition) is 4. The number of carbonyl (C=O) groups is 2. The molecule has 0 heterocycles. The lowest BCUT2D eigenvalue weighted by Crippen LogP contribution is -2.29. The predicted octanol–water partition coefficient (Wildman–Crippen LogP) is -0.758. The number of carboxylic acids is 1. The topological polar surface area (TPSA) is 109 Å². The van der Waals surface area contributed by atoms with Crippen LogP contribution in [0.3, 0.4) is 0 Å². The highest BCUT2D eigenvalue weighted by Crippen LogP contribution is 1.85. The third-order valence-electron chi connectivity index (χ3n) is 2.92. The van der Waals surface area contributed by atoms with E-state index in [0.717, 1.165) is 51.9 Å². The fraction of sp³-hybridized carbons (Fsp3) is 0.867. The summed E-state index contributed by atoms with van der Waals surface area (Å²) in [6, 6.07) is 0. The summed E-state index contributed by atoms with van der Waals surface area (Å²) in [4.78, 5) is 20.3. The van der Waals surface area contributed by atoms with E-state index < -0.39 is 5.97 Å². The Morgan fingerprint density at radius 3 is 2.09 bits per heavy atom. The minimum atomic E-state index is -0.847. The monoisotopic (exact) mass is 333 g/mol. The first-order valence-corrected chi connectivity index (χ1v) is 8.20. The zero-order chi connectivity index (χ0) is 17.0. The summed E-state index contributed by atoms with van der Waals surface area (Å²) in [7, 11) is 0. The van der Waals surface area contributed by atoms with Gasteiger partial charge in [0.1, 0.15) is 6.29 Å². The molecule has 8 nitrogen and oxygen atoms in total. The van der Waals surface area contributed by atoms with E-state index in [4.69, 9.17) is 14.6 Å². The molecule has 0 aliphatic carbocycles. The molecule has 0 amide bonds. The van der Waals surface area contributed by atoms with E-state index in [2.05, 4.69) is 16.0 Å². The normalized spacial score (nSPS) is 10.8. The molecule has 0 aromatic heterocycles. The van der Waals surface area contributed by atoms with Crippen molar-refractivity contribution < 1.29 is 24.2 Å². The highest BCUT2D eigenvalue weighted by molar-refractivity contribution is 5.66. The number of aldehydes is 1. The molecule has 0 fully saturated rings. The van der Waals surface area contributed by atoms with Gasteiger partial charge in [-0.25, -0.2) is 0 Å². The van der Waals surface area contributed by atoms with Gasteiger partial charge in [-0.3, -0.25) is 4.79 Å². The van der Waals surface area contributed by atoms with Gasteiger partial charge in [-0.2, -0.15) is 0 Å². The zero-order valence-corrected chi connectivity index (χ0v) is 13.8. The number of carbonyl (C=O) groups excluding carboxylic acids is 1. The number of rotatable bonds is 19. The van der Waals surface area contributed by atoms with Crippen LogP contribution in [0.4, 0.5) is 0 Å². The van der Waals surface area contributed by atoms with Crippen molar-refractivity contribution in [3.63, 3.8) is 0 Å². The molecular weight excluding hydrogens is 302 g/mol. The maximum absolute atomic E-state index is 10.2. The number of carboxylic acid groups (broad SMARTS) is 1. The molecule has 8 heteroatoms. The first kappa shape index (κ1) is 21.9. The fourth-order valence-corrected chi connectivity index (χ4v) is 1.71. The van der Waals surface area contributed by atoms with E-state index in [1.165, 1.54) is 0 Å². The van der Waals surface area contributed by atoms with Gasteiger partial charge < -0.3 is 35.3 Å². The van der Waals surface area contributed by atoms with Crippen LogP contribution in [0, 0.1) is 0 Å². The van der Waals surface area contributed by atoms with Crippen molar-refractivity contribution in [2.75, 3.05) is 65.7 Å². The third-order valence-corrected chi connectivity index (χ3v) is 2.92. The van der Waals surface area contributed by atoms with E-state index in [9.17, 15) is 9.59 Å². The smallest absolute Gasteiger partial charge is 0.305 e. The molecular formula is C15H31N3O5. The Morgan fingerprint density at radius 1 is 0.826 bits per heavy atom. The van der Waals surface area contributed by atoms with Gasteiger partial charge in [-0.05, 0) is 25.9 Å². The first-order chi connectivity index (χ1) is 11.3. The second-order valence-corrected chi connectivity index (χ2v) is 4.95. The first-order valence-electron chi connectivity index (χ1n) is 8.20. The Hall–Kier alpha value is -1.06. The molecule has 0 unspecified atom stereocenters. The maximum atomic E-state index is 10.2. The Labute approximate surface area is 138 Å². The standard InChI is InChI=1S/C15H31N3O5/c19-10-8-18-7-6-16-4-1-2-5-17-9-12-23-14-13-22-11-3-15(20)21/h10,16-18H,1-9,11-14H2,(H,20,21). The van der Waals surface area contributed by atoms with Crippen LogP contribution in [0.1, 0.15) is 19.3 Å². The van der Waals surface area contributed by atoms with Crippen molar-refractivity contribution in [1.29, 1.82) is 0 Å². The van der Waals surface area contributed by atoms with E-state index in [1.54, 1.807) is 0 Å². The molecule has 23 heavy (non-hydrogen) atoms. The second-order valence-electron chi connectivity index (χ2n) is 4.95. The van der Waals surface area contributed by atoms with E-state index in [0.29, 0.717) is 26.4 Å². The lowest BCUT2D eigenvalue weighted by Gasteiger charge is -2.07. The molecule has 0 saturated heterocycles. The number of ether oxygens (including phenoxy) is 2. The summed E-state index contributed by atoms with van der Waals surface area (Å²) in [6.07, 6.45) is 3.11. The summed E-state index contributed by atoms with van der Waals surface area (Å²) in [5.41, 5.74) is 0. The number of nitrogens with one attached hydrogen (secondary N) is 3. The Kier molecular flexibility index (Phi) is 18.1. The molecule has 136 valence electrons. The Balaban J connectivity index is 2.97. The largest absolute Gasteiger partial charge is 0.481 e. The molecule has 4 N–H and O–H groups in total. The van der Waals surface area contributed by atoms with Gasteiger partial charge in [0.2, 0.25) is 0 Å². The summed E-state index contributed by atoms with van der Waals surface area (Å²) in [6.45, 7) is 6.64. The van der Waals surface area contributed by atoms with Crippen LogP contribution in [0.15, 0.2) is 0 Å². The van der Waals surface area contributed by atoms with Crippen LogP contribution in [0.5, 0.6) is 0 Å². The van der Waals surface area contributed by atoms with Gasteiger partial charge in [0.15, 0.2) is 0 Å². The number of aliphatic carboxylic acids is 1. The Morgan fingerprint density at radius 2 is 1.43 bits per heavy atom. The molecule has 0 aromatic carbocycles. The summed E-state index contributed by atoms with van der Waals surface area (Å²) < 4.78 is 10.5. The molecule has 0 rings (SSSR count). The molecule has 0 radical (unpaired) electrons. The van der Waals surface area contributed by atoms with E-state index in [1.807, 2.05) is 0 Å². The summed E-state index contributed by atoms with van der Waals surface area (Å²) in [5.74, 6) is -0.847.